The van der Waals surface area contributed by atoms with Gasteiger partial charge >= 0.3 is 0 Å². The molecule has 0 bridgehead atoms. The molecule has 18 heavy (non-hydrogen) atoms. The molecule has 1 aromatic rings. The molecule has 0 unspecified atom stereocenters. The Labute approximate surface area is 116 Å². The zero-order valence-electron chi connectivity index (χ0n) is 12.3. The van der Waals surface area contributed by atoms with Crippen molar-refractivity contribution in [2.24, 2.45) is 0 Å². The molecule has 3 nitrogen and oxygen atoms in total. The van der Waals surface area contributed by atoms with Gasteiger partial charge in [-0.3, -0.25) is 4.90 Å². The number of aryl methyl sites for hydroxylation is 1. The van der Waals surface area contributed by atoms with E-state index in [1.54, 1.807) is 0 Å². The largest absolute Gasteiger partial charge is 0.312 e. The van der Waals surface area contributed by atoms with Gasteiger partial charge in [0.15, 0.2) is 0 Å². The second kappa shape index (κ2) is 8.62. The Bertz CT molecular complexity index is 332. The van der Waals surface area contributed by atoms with Gasteiger partial charge in [0, 0.05) is 11.4 Å². The van der Waals surface area contributed by atoms with Crippen molar-refractivity contribution in [3.63, 3.8) is 0 Å². The van der Waals surface area contributed by atoms with Gasteiger partial charge in [0.25, 0.3) is 0 Å². The van der Waals surface area contributed by atoms with Crippen LogP contribution >= 0.6 is 11.3 Å². The first kappa shape index (κ1) is 15.6. The molecule has 0 aromatic carbocycles. The molecule has 0 saturated heterocycles. The van der Waals surface area contributed by atoms with E-state index in [0.29, 0.717) is 0 Å². The van der Waals surface area contributed by atoms with Crippen molar-refractivity contribution in [3.05, 3.63) is 15.6 Å². The molecule has 0 spiro atoms. The third-order valence-electron chi connectivity index (χ3n) is 3.12. The third kappa shape index (κ3) is 4.67. The predicted octanol–water partition coefficient (Wildman–Crippen LogP) is 3.05. The van der Waals surface area contributed by atoms with Crippen LogP contribution in [0.2, 0.25) is 0 Å². The molecule has 1 N–H and O–H groups in total. The van der Waals surface area contributed by atoms with Gasteiger partial charge in [0.2, 0.25) is 0 Å². The molecule has 0 aliphatic carbocycles. The summed E-state index contributed by atoms with van der Waals surface area (Å²) in [6.07, 6.45) is 2.23. The SMILES string of the molecule is CCCNCc1sc(CN(CC)CC)nc1CC. The van der Waals surface area contributed by atoms with Crippen molar-refractivity contribution in [2.45, 2.75) is 53.6 Å². The van der Waals surface area contributed by atoms with E-state index in [0.717, 1.165) is 39.1 Å². The Morgan fingerprint density at radius 3 is 2.44 bits per heavy atom. The van der Waals surface area contributed by atoms with E-state index < -0.39 is 0 Å². The topological polar surface area (TPSA) is 28.2 Å². The lowest BCUT2D eigenvalue weighted by atomic mass is 10.3. The van der Waals surface area contributed by atoms with Crippen LogP contribution in [0.5, 0.6) is 0 Å². The minimum absolute atomic E-state index is 0.979. The second-order valence-electron chi connectivity index (χ2n) is 4.47. The normalized spacial score (nSPS) is 11.4. The Kier molecular flexibility index (Phi) is 7.47. The highest BCUT2D eigenvalue weighted by Gasteiger charge is 2.11. The molecule has 0 fully saturated rings. The molecule has 0 atom stereocenters. The molecule has 0 amide bonds. The highest BCUT2D eigenvalue weighted by molar-refractivity contribution is 7.11. The van der Waals surface area contributed by atoms with Crippen LogP contribution in [0.15, 0.2) is 0 Å². The number of nitrogens with one attached hydrogen (secondary N) is 1. The summed E-state index contributed by atoms with van der Waals surface area (Å²) in [6, 6.07) is 0. The minimum atomic E-state index is 0.979. The molecular formula is C14H27N3S. The zero-order chi connectivity index (χ0) is 13.4. The summed E-state index contributed by atoms with van der Waals surface area (Å²) >= 11 is 1.88. The van der Waals surface area contributed by atoms with Gasteiger partial charge in [-0.1, -0.05) is 27.7 Å². The fourth-order valence-electron chi connectivity index (χ4n) is 1.94. The van der Waals surface area contributed by atoms with Crippen LogP contribution in [0, 0.1) is 0 Å². The van der Waals surface area contributed by atoms with Gasteiger partial charge in [-0.25, -0.2) is 4.98 Å². The summed E-state index contributed by atoms with van der Waals surface area (Å²) in [6.45, 7) is 14.1. The number of thiazole rings is 1. The van der Waals surface area contributed by atoms with E-state index in [1.165, 1.54) is 22.0 Å². The zero-order valence-corrected chi connectivity index (χ0v) is 13.1. The molecule has 0 saturated carbocycles. The lowest BCUT2D eigenvalue weighted by Gasteiger charge is -2.15. The Hall–Kier alpha value is -0.450. The van der Waals surface area contributed by atoms with Crippen LogP contribution < -0.4 is 5.32 Å². The third-order valence-corrected chi connectivity index (χ3v) is 4.21. The van der Waals surface area contributed by atoms with E-state index in [9.17, 15) is 0 Å². The van der Waals surface area contributed by atoms with E-state index in [2.05, 4.69) is 37.9 Å². The van der Waals surface area contributed by atoms with Gasteiger partial charge in [-0.2, -0.15) is 0 Å². The first-order valence-electron chi connectivity index (χ1n) is 7.15. The molecule has 1 aromatic heterocycles. The van der Waals surface area contributed by atoms with Crippen LogP contribution in [-0.4, -0.2) is 29.5 Å². The van der Waals surface area contributed by atoms with Crippen LogP contribution in [-0.2, 0) is 19.5 Å². The quantitative estimate of drug-likeness (QED) is 0.698. The molecular weight excluding hydrogens is 242 g/mol. The highest BCUT2D eigenvalue weighted by Crippen LogP contribution is 2.20. The molecule has 0 aliphatic rings. The molecule has 0 radical (unpaired) electrons. The summed E-state index contributed by atoms with van der Waals surface area (Å²) < 4.78 is 0. The number of nitrogens with zero attached hydrogens (tertiary/aromatic N) is 2. The lowest BCUT2D eigenvalue weighted by molar-refractivity contribution is 0.295. The van der Waals surface area contributed by atoms with Gasteiger partial charge in [-0.05, 0) is 32.5 Å². The first-order valence-corrected chi connectivity index (χ1v) is 7.97. The van der Waals surface area contributed by atoms with E-state index >= 15 is 0 Å². The molecule has 104 valence electrons. The van der Waals surface area contributed by atoms with Crippen LogP contribution in [0.25, 0.3) is 0 Å². The number of hydrogen-bond acceptors (Lipinski definition) is 4. The minimum Gasteiger partial charge on any atom is -0.312 e. The monoisotopic (exact) mass is 269 g/mol. The van der Waals surface area contributed by atoms with Crippen molar-refractivity contribution in [2.75, 3.05) is 19.6 Å². The van der Waals surface area contributed by atoms with Crippen LogP contribution in [0.1, 0.15) is 49.7 Å². The van der Waals surface area contributed by atoms with Crippen molar-refractivity contribution >= 4 is 11.3 Å². The van der Waals surface area contributed by atoms with Gasteiger partial charge in [0.05, 0.1) is 12.2 Å². The number of hydrogen-bond donors (Lipinski definition) is 1. The summed E-state index contributed by atoms with van der Waals surface area (Å²) in [4.78, 5) is 8.62. The van der Waals surface area contributed by atoms with E-state index in [-0.39, 0.29) is 0 Å². The fraction of sp³-hybridized carbons (Fsp3) is 0.786. The maximum absolute atomic E-state index is 4.78. The lowest BCUT2D eigenvalue weighted by Crippen LogP contribution is -2.21. The van der Waals surface area contributed by atoms with Crippen molar-refractivity contribution in [1.29, 1.82) is 0 Å². The maximum atomic E-state index is 4.78. The summed E-state index contributed by atoms with van der Waals surface area (Å²) in [5, 5.41) is 4.74. The Morgan fingerprint density at radius 2 is 1.89 bits per heavy atom. The Morgan fingerprint density at radius 1 is 1.17 bits per heavy atom. The van der Waals surface area contributed by atoms with Crippen LogP contribution in [0.3, 0.4) is 0 Å². The van der Waals surface area contributed by atoms with Crippen LogP contribution in [0.4, 0.5) is 0 Å². The predicted molar refractivity (Wildman–Crippen MR) is 80.1 cm³/mol. The molecule has 4 heteroatoms. The van der Waals surface area contributed by atoms with E-state index in [4.69, 9.17) is 4.98 Å². The van der Waals surface area contributed by atoms with Gasteiger partial charge < -0.3 is 5.32 Å². The summed E-state index contributed by atoms with van der Waals surface area (Å²) in [5.74, 6) is 0. The number of rotatable bonds is 9. The van der Waals surface area contributed by atoms with Crippen molar-refractivity contribution in [3.8, 4) is 0 Å². The smallest absolute Gasteiger partial charge is 0.107 e. The van der Waals surface area contributed by atoms with Gasteiger partial charge in [-0.15, -0.1) is 11.3 Å². The Balaban J connectivity index is 2.64. The average molecular weight is 269 g/mol. The first-order chi connectivity index (χ1) is 8.74. The summed E-state index contributed by atoms with van der Waals surface area (Å²) in [5.41, 5.74) is 1.28. The highest BCUT2D eigenvalue weighted by atomic mass is 32.1. The standard InChI is InChI=1S/C14H27N3S/c1-5-9-15-10-13-12(6-2)16-14(18-13)11-17(7-3)8-4/h15H,5-11H2,1-4H3. The molecule has 0 aliphatic heterocycles. The molecule has 1 rings (SSSR count). The fourth-order valence-corrected chi connectivity index (χ4v) is 3.11. The van der Waals surface area contributed by atoms with Crippen molar-refractivity contribution in [1.82, 2.24) is 15.2 Å². The number of aromatic nitrogens is 1. The average Bonchev–Trinajstić information content (AvgIpc) is 2.78. The second-order valence-corrected chi connectivity index (χ2v) is 5.64. The van der Waals surface area contributed by atoms with E-state index in [1.807, 2.05) is 11.3 Å². The maximum Gasteiger partial charge on any atom is 0.107 e. The summed E-state index contributed by atoms with van der Waals surface area (Å²) in [7, 11) is 0. The molecule has 1 heterocycles. The van der Waals surface area contributed by atoms with Crippen molar-refractivity contribution < 1.29 is 0 Å². The van der Waals surface area contributed by atoms with Gasteiger partial charge in [0.1, 0.15) is 5.01 Å².